The lowest BCUT2D eigenvalue weighted by Crippen LogP contribution is -1.95. The highest BCUT2D eigenvalue weighted by molar-refractivity contribution is 5.48. The van der Waals surface area contributed by atoms with Crippen molar-refractivity contribution in [1.82, 2.24) is 0 Å². The molecule has 0 bridgehead atoms. The lowest BCUT2D eigenvalue weighted by atomic mass is 10.0. The highest BCUT2D eigenvalue weighted by atomic mass is 19.2. The number of aromatic hydroxyl groups is 1. The fourth-order valence-corrected chi connectivity index (χ4v) is 1.91. The second kappa shape index (κ2) is 12.2. The molecule has 0 aliphatic carbocycles. The monoisotopic (exact) mass is 390 g/mol. The molecule has 2 nitrogen and oxygen atoms in total. The molecule has 5 heteroatoms. The van der Waals surface area contributed by atoms with Crippen LogP contribution in [-0.4, -0.2) is 12.2 Å². The fourth-order valence-electron chi connectivity index (χ4n) is 1.91. The number of hydrogen-bond acceptors (Lipinski definition) is 2. The van der Waals surface area contributed by atoms with Crippen LogP contribution in [0.4, 0.5) is 13.2 Å². The van der Waals surface area contributed by atoms with Crippen LogP contribution < -0.4 is 0 Å². The van der Waals surface area contributed by atoms with E-state index in [4.69, 9.17) is 9.84 Å². The van der Waals surface area contributed by atoms with E-state index in [0.29, 0.717) is 17.6 Å². The van der Waals surface area contributed by atoms with E-state index < -0.39 is 23.2 Å². The van der Waals surface area contributed by atoms with E-state index in [-0.39, 0.29) is 23.3 Å². The van der Waals surface area contributed by atoms with Gasteiger partial charge in [0.2, 0.25) is 5.82 Å². The number of rotatable bonds is 9. The first-order valence-electron chi connectivity index (χ1n) is 8.17. The number of hydrogen-bond donors (Lipinski definition) is 1. The summed E-state index contributed by atoms with van der Waals surface area (Å²) in [6.07, 6.45) is 4.76. The number of ether oxygens (including phenoxy) is 1. The smallest absolute Gasteiger partial charge is 0.200 e. The summed E-state index contributed by atoms with van der Waals surface area (Å²) in [6.45, 7) is 20.6. The maximum atomic E-state index is 13.9. The Morgan fingerprint density at radius 1 is 1.07 bits per heavy atom. The third-order valence-corrected chi connectivity index (χ3v) is 3.60. The minimum atomic E-state index is -1.27. The number of allylic oxidation sites excluding steroid dienone is 7. The minimum absolute atomic E-state index is 0.0684. The molecule has 0 spiro atoms. The SMILES string of the molecule is C=C.C=C(/C=C\C(=C)C(=C)/C(F)=C\C(=C)OC)CCc1ccc(O)c(F)c1F. The Morgan fingerprint density at radius 3 is 2.25 bits per heavy atom. The van der Waals surface area contributed by atoms with Gasteiger partial charge in [-0.25, -0.2) is 8.78 Å². The molecule has 28 heavy (non-hydrogen) atoms. The number of methoxy groups -OCH3 is 1. The van der Waals surface area contributed by atoms with Gasteiger partial charge in [-0.15, -0.1) is 13.2 Å². The van der Waals surface area contributed by atoms with Crippen molar-refractivity contribution in [3.63, 3.8) is 0 Å². The van der Waals surface area contributed by atoms with E-state index >= 15 is 0 Å². The molecule has 0 unspecified atom stereocenters. The summed E-state index contributed by atoms with van der Waals surface area (Å²) in [5.41, 5.74) is 1.13. The highest BCUT2D eigenvalue weighted by Crippen LogP contribution is 2.24. The summed E-state index contributed by atoms with van der Waals surface area (Å²) in [5.74, 6) is -3.56. The van der Waals surface area contributed by atoms with Gasteiger partial charge in [0, 0.05) is 11.6 Å². The van der Waals surface area contributed by atoms with Gasteiger partial charge in [-0.2, -0.15) is 4.39 Å². The van der Waals surface area contributed by atoms with E-state index in [1.54, 1.807) is 6.08 Å². The van der Waals surface area contributed by atoms with Crippen molar-refractivity contribution in [3.8, 4) is 5.75 Å². The van der Waals surface area contributed by atoms with Gasteiger partial charge in [-0.05, 0) is 30.0 Å². The summed E-state index contributed by atoms with van der Waals surface area (Å²) >= 11 is 0. The lowest BCUT2D eigenvalue weighted by molar-refractivity contribution is 0.307. The van der Waals surface area contributed by atoms with Crippen LogP contribution in [-0.2, 0) is 11.2 Å². The van der Waals surface area contributed by atoms with Gasteiger partial charge in [-0.3, -0.25) is 0 Å². The molecule has 1 N–H and O–H groups in total. The van der Waals surface area contributed by atoms with E-state index in [2.05, 4.69) is 39.5 Å². The van der Waals surface area contributed by atoms with Crippen molar-refractivity contribution < 1.29 is 23.0 Å². The molecule has 0 heterocycles. The summed E-state index contributed by atoms with van der Waals surface area (Å²) in [7, 11) is 1.37. The van der Waals surface area contributed by atoms with Gasteiger partial charge in [0.05, 0.1) is 7.11 Å². The molecular formula is C23H25F3O2. The Balaban J connectivity index is 0.00000352. The van der Waals surface area contributed by atoms with Crippen molar-refractivity contribution in [2.45, 2.75) is 12.8 Å². The molecule has 0 saturated carbocycles. The molecule has 1 aromatic carbocycles. The van der Waals surface area contributed by atoms with Crippen molar-refractivity contribution in [2.24, 2.45) is 0 Å². The van der Waals surface area contributed by atoms with E-state index in [1.807, 2.05) is 0 Å². The van der Waals surface area contributed by atoms with Crippen LogP contribution >= 0.6 is 0 Å². The van der Waals surface area contributed by atoms with Gasteiger partial charge in [0.1, 0.15) is 11.6 Å². The zero-order valence-electron chi connectivity index (χ0n) is 16.0. The molecule has 1 rings (SSSR count). The van der Waals surface area contributed by atoms with Crippen LogP contribution in [0.1, 0.15) is 12.0 Å². The Labute approximate surface area is 164 Å². The first kappa shape index (κ1) is 24.8. The zero-order valence-corrected chi connectivity index (χ0v) is 16.0. The Hall–Kier alpha value is -3.21. The van der Waals surface area contributed by atoms with Gasteiger partial charge in [-0.1, -0.05) is 50.1 Å². The predicted octanol–water partition coefficient (Wildman–Crippen LogP) is 6.64. The molecule has 150 valence electrons. The van der Waals surface area contributed by atoms with Gasteiger partial charge < -0.3 is 9.84 Å². The lowest BCUT2D eigenvalue weighted by Gasteiger charge is -2.06. The number of phenolic OH excluding ortho intramolecular Hbond substituents is 1. The van der Waals surface area contributed by atoms with E-state index in [9.17, 15) is 13.2 Å². The number of benzene rings is 1. The van der Waals surface area contributed by atoms with E-state index in [1.165, 1.54) is 19.3 Å². The van der Waals surface area contributed by atoms with Gasteiger partial charge in [0.25, 0.3) is 0 Å². The highest BCUT2D eigenvalue weighted by Gasteiger charge is 2.12. The third-order valence-electron chi connectivity index (χ3n) is 3.60. The third kappa shape index (κ3) is 7.58. The van der Waals surface area contributed by atoms with Crippen LogP contribution in [0.3, 0.4) is 0 Å². The van der Waals surface area contributed by atoms with Crippen molar-refractivity contribution in [3.05, 3.63) is 115 Å². The van der Waals surface area contributed by atoms with Crippen molar-refractivity contribution in [2.75, 3.05) is 7.11 Å². The molecule has 0 atom stereocenters. The molecular weight excluding hydrogens is 365 g/mol. The van der Waals surface area contributed by atoms with E-state index in [0.717, 1.165) is 12.1 Å². The summed E-state index contributed by atoms with van der Waals surface area (Å²) in [6, 6.07) is 2.41. The van der Waals surface area contributed by atoms with Gasteiger partial charge in [0.15, 0.2) is 11.6 Å². The molecule has 0 aromatic heterocycles. The Kier molecular flexibility index (Phi) is 10.8. The molecule has 0 aliphatic rings. The maximum Gasteiger partial charge on any atom is 0.200 e. The Morgan fingerprint density at radius 2 is 1.68 bits per heavy atom. The predicted molar refractivity (Wildman–Crippen MR) is 109 cm³/mol. The van der Waals surface area contributed by atoms with Crippen LogP contribution in [0, 0.1) is 11.6 Å². The van der Waals surface area contributed by atoms with Crippen LogP contribution in [0.15, 0.2) is 98.1 Å². The molecule has 0 radical (unpaired) electrons. The normalized spacial score (nSPS) is 10.8. The number of aryl methyl sites for hydroxylation is 1. The topological polar surface area (TPSA) is 29.5 Å². The molecule has 0 saturated heterocycles. The largest absolute Gasteiger partial charge is 0.505 e. The summed E-state index contributed by atoms with van der Waals surface area (Å²) in [4.78, 5) is 0. The average Bonchev–Trinajstić information content (AvgIpc) is 2.70. The molecule has 0 fully saturated rings. The second-order valence-corrected chi connectivity index (χ2v) is 5.53. The second-order valence-electron chi connectivity index (χ2n) is 5.53. The maximum absolute atomic E-state index is 13.9. The summed E-state index contributed by atoms with van der Waals surface area (Å²) < 4.78 is 45.7. The zero-order chi connectivity index (χ0) is 21.9. The summed E-state index contributed by atoms with van der Waals surface area (Å²) in [5, 5.41) is 9.10. The van der Waals surface area contributed by atoms with Crippen molar-refractivity contribution in [1.29, 1.82) is 0 Å². The van der Waals surface area contributed by atoms with Crippen molar-refractivity contribution >= 4 is 0 Å². The Bertz CT molecular complexity index is 817. The number of halogens is 3. The first-order valence-corrected chi connectivity index (χ1v) is 8.17. The standard InChI is InChI=1S/C21H21F3O2.C2H4/c1-13(7-9-17-10-11-19(25)21(24)20(17)23)6-8-14(2)16(4)18(22)12-15(3)26-5;1-2/h6,8,10-12,25H,1-4,7,9H2,5H3;1-2H2/b8-6-,18-12+;. The molecule has 0 amide bonds. The minimum Gasteiger partial charge on any atom is -0.505 e. The average molecular weight is 390 g/mol. The van der Waals surface area contributed by atoms with Gasteiger partial charge >= 0.3 is 0 Å². The quantitative estimate of drug-likeness (QED) is 0.291. The molecule has 0 aliphatic heterocycles. The molecule has 1 aromatic rings. The van der Waals surface area contributed by atoms with Crippen LogP contribution in [0.5, 0.6) is 5.75 Å². The fraction of sp³-hybridized carbons (Fsp3) is 0.130. The first-order chi connectivity index (χ1) is 13.2. The van der Waals surface area contributed by atoms with Crippen LogP contribution in [0.25, 0.3) is 0 Å². The van der Waals surface area contributed by atoms with Crippen LogP contribution in [0.2, 0.25) is 0 Å². The number of phenols is 1.